The van der Waals surface area contributed by atoms with E-state index in [0.717, 1.165) is 6.42 Å². The molecule has 16 heavy (non-hydrogen) atoms. The average molecular weight is 266 g/mol. The Bertz CT molecular complexity index is 373. The van der Waals surface area contributed by atoms with Crippen molar-refractivity contribution in [1.82, 2.24) is 0 Å². The molecule has 0 fully saturated rings. The van der Waals surface area contributed by atoms with E-state index in [1.54, 1.807) is 0 Å². The first-order valence-electron chi connectivity index (χ1n) is 5.06. The van der Waals surface area contributed by atoms with Gasteiger partial charge in [0, 0.05) is 10.6 Å². The quantitative estimate of drug-likeness (QED) is 0.821. The van der Waals surface area contributed by atoms with E-state index < -0.39 is 18.0 Å². The van der Waals surface area contributed by atoms with E-state index in [1.165, 1.54) is 12.1 Å². The summed E-state index contributed by atoms with van der Waals surface area (Å²) in [6, 6.07) is 1.98. The number of halogens is 3. The molecule has 2 nitrogen and oxygen atoms in total. The summed E-state index contributed by atoms with van der Waals surface area (Å²) in [6.07, 6.45) is 0.424. The number of benzene rings is 1. The molecule has 0 aliphatic rings. The van der Waals surface area contributed by atoms with E-state index in [2.05, 4.69) is 0 Å². The van der Waals surface area contributed by atoms with Crippen LogP contribution in [-0.2, 0) is 0 Å². The average Bonchev–Trinajstić information content (AvgIpc) is 2.24. The zero-order chi connectivity index (χ0) is 12.3. The van der Waals surface area contributed by atoms with Gasteiger partial charge in [0.1, 0.15) is 5.82 Å². The van der Waals surface area contributed by atoms with Crippen molar-refractivity contribution in [2.45, 2.75) is 31.9 Å². The molecule has 90 valence electrons. The minimum Gasteiger partial charge on any atom is -0.391 e. The summed E-state index contributed by atoms with van der Waals surface area (Å²) in [6.45, 7) is 1.91. The van der Waals surface area contributed by atoms with Gasteiger partial charge in [-0.2, -0.15) is 0 Å². The Morgan fingerprint density at radius 2 is 1.94 bits per heavy atom. The van der Waals surface area contributed by atoms with Crippen molar-refractivity contribution in [1.29, 1.82) is 0 Å². The highest BCUT2D eigenvalue weighted by Crippen LogP contribution is 2.31. The zero-order valence-corrected chi connectivity index (χ0v) is 10.4. The van der Waals surface area contributed by atoms with Crippen LogP contribution in [0.5, 0.6) is 0 Å². The van der Waals surface area contributed by atoms with Gasteiger partial charge in [-0.05, 0) is 18.6 Å². The highest BCUT2D eigenvalue weighted by molar-refractivity contribution is 6.33. The van der Waals surface area contributed by atoms with Crippen LogP contribution in [-0.4, -0.2) is 11.2 Å². The Morgan fingerprint density at radius 1 is 1.38 bits per heavy atom. The van der Waals surface area contributed by atoms with Crippen LogP contribution in [0.25, 0.3) is 0 Å². The molecule has 0 saturated carbocycles. The van der Waals surface area contributed by atoms with E-state index in [4.69, 9.17) is 28.9 Å². The molecular formula is C11H14Cl2FNO. The van der Waals surface area contributed by atoms with Gasteiger partial charge in [-0.15, -0.1) is 0 Å². The Morgan fingerprint density at radius 3 is 2.50 bits per heavy atom. The largest absolute Gasteiger partial charge is 0.391 e. The van der Waals surface area contributed by atoms with Crippen molar-refractivity contribution >= 4 is 23.2 Å². The molecule has 1 aromatic rings. The van der Waals surface area contributed by atoms with Crippen LogP contribution < -0.4 is 5.73 Å². The summed E-state index contributed by atoms with van der Waals surface area (Å²) < 4.78 is 13.7. The predicted octanol–water partition coefficient (Wildman–Crippen LogP) is 3.29. The maximum Gasteiger partial charge on any atom is 0.148 e. The molecule has 0 spiro atoms. The predicted molar refractivity (Wildman–Crippen MR) is 64.3 cm³/mol. The number of aliphatic hydroxyl groups excluding tert-OH is 1. The SMILES string of the molecule is CCC[C@@H](O)[C@@H](N)c1c(Cl)ccc(Cl)c1F. The van der Waals surface area contributed by atoms with Crippen molar-refractivity contribution < 1.29 is 9.50 Å². The van der Waals surface area contributed by atoms with Gasteiger partial charge in [0.25, 0.3) is 0 Å². The molecule has 1 rings (SSSR count). The minimum atomic E-state index is -0.855. The lowest BCUT2D eigenvalue weighted by atomic mass is 9.98. The monoisotopic (exact) mass is 265 g/mol. The highest BCUT2D eigenvalue weighted by atomic mass is 35.5. The summed E-state index contributed by atoms with van der Waals surface area (Å²) in [4.78, 5) is 0. The van der Waals surface area contributed by atoms with Gasteiger partial charge in [0.15, 0.2) is 0 Å². The van der Waals surface area contributed by atoms with Gasteiger partial charge < -0.3 is 10.8 Å². The van der Waals surface area contributed by atoms with Gasteiger partial charge in [-0.3, -0.25) is 0 Å². The lowest BCUT2D eigenvalue weighted by Crippen LogP contribution is -2.27. The molecule has 0 bridgehead atoms. The van der Waals surface area contributed by atoms with Crippen LogP contribution in [0.2, 0.25) is 10.0 Å². The van der Waals surface area contributed by atoms with E-state index in [1.807, 2.05) is 6.92 Å². The van der Waals surface area contributed by atoms with Crippen LogP contribution in [0.3, 0.4) is 0 Å². The minimum absolute atomic E-state index is 0.0430. The van der Waals surface area contributed by atoms with Crippen molar-refractivity contribution in [3.63, 3.8) is 0 Å². The fraction of sp³-hybridized carbons (Fsp3) is 0.455. The molecular weight excluding hydrogens is 252 g/mol. The van der Waals surface area contributed by atoms with Crippen LogP contribution in [0.1, 0.15) is 31.4 Å². The number of rotatable bonds is 4. The Labute approximate surface area is 104 Å². The fourth-order valence-corrected chi connectivity index (χ4v) is 1.95. The maximum atomic E-state index is 13.7. The molecule has 0 heterocycles. The standard InChI is InChI=1S/C11H14Cl2FNO/c1-2-3-8(16)11(15)9-6(12)4-5-7(13)10(9)14/h4-5,8,11,16H,2-3,15H2,1H3/t8-,11-/m1/s1. The molecule has 0 unspecified atom stereocenters. The van der Waals surface area contributed by atoms with Crippen molar-refractivity contribution in [2.24, 2.45) is 5.73 Å². The lowest BCUT2D eigenvalue weighted by molar-refractivity contribution is 0.133. The molecule has 2 atom stereocenters. The second-order valence-corrected chi connectivity index (χ2v) is 4.45. The van der Waals surface area contributed by atoms with E-state index in [0.29, 0.717) is 6.42 Å². The Hall–Kier alpha value is -0.350. The molecule has 0 aromatic heterocycles. The molecule has 0 saturated heterocycles. The fourth-order valence-electron chi connectivity index (χ4n) is 1.52. The lowest BCUT2D eigenvalue weighted by Gasteiger charge is -2.20. The smallest absolute Gasteiger partial charge is 0.148 e. The molecule has 3 N–H and O–H groups in total. The molecule has 0 amide bonds. The molecule has 0 aliphatic carbocycles. The number of aliphatic hydroxyl groups is 1. The van der Waals surface area contributed by atoms with Crippen LogP contribution in [0.15, 0.2) is 12.1 Å². The highest BCUT2D eigenvalue weighted by Gasteiger charge is 2.23. The Balaban J connectivity index is 3.07. The third-order valence-corrected chi connectivity index (χ3v) is 3.03. The third-order valence-electron chi connectivity index (χ3n) is 2.41. The normalized spacial score (nSPS) is 14.9. The number of nitrogens with two attached hydrogens (primary N) is 1. The van der Waals surface area contributed by atoms with Gasteiger partial charge in [0.2, 0.25) is 0 Å². The van der Waals surface area contributed by atoms with Gasteiger partial charge in [-0.25, -0.2) is 4.39 Å². The Kier molecular flexibility index (Phi) is 4.99. The van der Waals surface area contributed by atoms with E-state index in [-0.39, 0.29) is 15.6 Å². The summed E-state index contributed by atoms with van der Waals surface area (Å²) in [7, 11) is 0. The number of hydrogen-bond donors (Lipinski definition) is 2. The summed E-state index contributed by atoms with van der Waals surface area (Å²) in [5, 5.41) is 9.86. The zero-order valence-electron chi connectivity index (χ0n) is 8.88. The first-order valence-corrected chi connectivity index (χ1v) is 5.81. The second-order valence-electron chi connectivity index (χ2n) is 3.64. The first kappa shape index (κ1) is 13.7. The molecule has 1 aromatic carbocycles. The van der Waals surface area contributed by atoms with Crippen LogP contribution >= 0.6 is 23.2 Å². The first-order chi connectivity index (χ1) is 7.49. The van der Waals surface area contributed by atoms with Gasteiger partial charge in [0.05, 0.1) is 17.2 Å². The molecule has 5 heteroatoms. The van der Waals surface area contributed by atoms with Crippen molar-refractivity contribution in [3.05, 3.63) is 33.6 Å². The number of hydrogen-bond acceptors (Lipinski definition) is 2. The summed E-state index contributed by atoms with van der Waals surface area (Å²) in [5.41, 5.74) is 5.84. The topological polar surface area (TPSA) is 46.2 Å². The van der Waals surface area contributed by atoms with Crippen LogP contribution in [0.4, 0.5) is 4.39 Å². The third kappa shape index (κ3) is 2.86. The van der Waals surface area contributed by atoms with Crippen molar-refractivity contribution in [2.75, 3.05) is 0 Å². The van der Waals surface area contributed by atoms with Gasteiger partial charge in [-0.1, -0.05) is 36.5 Å². The van der Waals surface area contributed by atoms with Crippen molar-refractivity contribution in [3.8, 4) is 0 Å². The molecule has 0 aliphatic heterocycles. The van der Waals surface area contributed by atoms with Crippen LogP contribution in [0, 0.1) is 5.82 Å². The van der Waals surface area contributed by atoms with E-state index in [9.17, 15) is 9.50 Å². The summed E-state index contributed by atoms with van der Waals surface area (Å²) >= 11 is 11.5. The van der Waals surface area contributed by atoms with E-state index >= 15 is 0 Å². The van der Waals surface area contributed by atoms with Gasteiger partial charge >= 0.3 is 0 Å². The molecule has 0 radical (unpaired) electrons. The summed E-state index contributed by atoms with van der Waals surface area (Å²) in [5.74, 6) is -0.656. The maximum absolute atomic E-state index is 13.7. The second kappa shape index (κ2) is 5.82.